The molecule has 0 aliphatic carbocycles. The Hall–Kier alpha value is -4.88. The Morgan fingerprint density at radius 2 is 0.514 bits per heavy atom. The van der Waals surface area contributed by atoms with Crippen molar-refractivity contribution in [1.29, 1.82) is 0 Å². The molecule has 0 aliphatic rings. The average molecular weight is 558 g/mol. The topological polar surface area (TPSA) is 173 Å². The monoisotopic (exact) mass is 557 g/mol. The van der Waals surface area contributed by atoms with Crippen LogP contribution >= 0.6 is 0 Å². The zero-order valence-electron chi connectivity index (χ0n) is 18.9. The molecule has 0 unspecified atom stereocenters. The van der Waals surface area contributed by atoms with E-state index in [1.54, 1.807) is 48.5 Å². The molecule has 37 heavy (non-hydrogen) atoms. The third-order valence-corrected chi connectivity index (χ3v) is 18.0. The Morgan fingerprint density at radius 3 is 0.649 bits per heavy atom. The second kappa shape index (κ2) is 10.0. The van der Waals surface area contributed by atoms with Crippen LogP contribution in [0, 0.1) is 40.5 Å². The number of nitro groups is 4. The molecule has 4 rings (SSSR count). The van der Waals surface area contributed by atoms with Crippen LogP contribution in [0.25, 0.3) is 0 Å². The van der Waals surface area contributed by atoms with Gasteiger partial charge in [-0.1, -0.05) is 0 Å². The van der Waals surface area contributed by atoms with Crippen molar-refractivity contribution in [3.05, 3.63) is 138 Å². The number of hydrogen-bond donors (Lipinski definition) is 0. The van der Waals surface area contributed by atoms with Crippen LogP contribution in [0.4, 0.5) is 22.7 Å². The van der Waals surface area contributed by atoms with Crippen molar-refractivity contribution in [2.24, 2.45) is 0 Å². The van der Waals surface area contributed by atoms with E-state index in [1.165, 1.54) is 48.5 Å². The van der Waals surface area contributed by atoms with Crippen LogP contribution in [0.1, 0.15) is 0 Å². The molecule has 13 heteroatoms. The van der Waals surface area contributed by atoms with Gasteiger partial charge in [-0.25, -0.2) is 0 Å². The SMILES string of the molecule is O=[N+]([O-])c1cc[c]([Ga-]([c]2ccc([N+](=O)[O-])cc2)([c]2ccc([N+](=O)[O-])cc2)[c]2ccc([N+](=O)[O-])cc2)cc1. The van der Waals surface area contributed by atoms with Gasteiger partial charge >= 0.3 is 211 Å². The zero-order chi connectivity index (χ0) is 26.7. The van der Waals surface area contributed by atoms with Gasteiger partial charge in [-0.05, 0) is 0 Å². The van der Waals surface area contributed by atoms with Crippen molar-refractivity contribution >= 4 is 54.2 Å². The van der Waals surface area contributed by atoms with Gasteiger partial charge < -0.3 is 0 Å². The van der Waals surface area contributed by atoms with Crippen molar-refractivity contribution in [2.45, 2.75) is 0 Å². The summed E-state index contributed by atoms with van der Waals surface area (Å²) in [4.78, 5) is 43.1. The third-order valence-electron chi connectivity index (χ3n) is 6.42. The quantitative estimate of drug-likeness (QED) is 0.180. The maximum absolute atomic E-state index is 11.3. The molecule has 0 atom stereocenters. The van der Waals surface area contributed by atoms with Gasteiger partial charge in [0.25, 0.3) is 0 Å². The summed E-state index contributed by atoms with van der Waals surface area (Å²) < 4.78 is 2.79. The minimum atomic E-state index is -4.40. The van der Waals surface area contributed by atoms with Gasteiger partial charge in [0, 0.05) is 0 Å². The fraction of sp³-hybridized carbons (Fsp3) is 0. The predicted molar refractivity (Wildman–Crippen MR) is 137 cm³/mol. The van der Waals surface area contributed by atoms with Crippen molar-refractivity contribution in [3.63, 3.8) is 0 Å². The van der Waals surface area contributed by atoms with Crippen molar-refractivity contribution < 1.29 is 19.7 Å². The van der Waals surface area contributed by atoms with E-state index in [0.717, 1.165) is 0 Å². The number of nitrogens with zero attached hydrogens (tertiary/aromatic N) is 4. The molecular weight excluding hydrogens is 542 g/mol. The average Bonchev–Trinajstić information content (AvgIpc) is 2.90. The summed E-state index contributed by atoms with van der Waals surface area (Å²) in [5.41, 5.74) is -0.560. The Kier molecular flexibility index (Phi) is 6.82. The van der Waals surface area contributed by atoms with E-state index < -0.39 is 34.7 Å². The van der Waals surface area contributed by atoms with Gasteiger partial charge in [-0.2, -0.15) is 0 Å². The molecule has 0 aliphatic heterocycles. The summed E-state index contributed by atoms with van der Waals surface area (Å²) in [5, 5.41) is 45.2. The normalized spacial score (nSPS) is 11.0. The van der Waals surface area contributed by atoms with E-state index in [-0.39, 0.29) is 22.7 Å². The first-order valence-electron chi connectivity index (χ1n) is 10.8. The van der Waals surface area contributed by atoms with Gasteiger partial charge in [0.1, 0.15) is 0 Å². The number of benzene rings is 4. The molecule has 0 fully saturated rings. The van der Waals surface area contributed by atoms with Crippen LogP contribution in [-0.2, 0) is 0 Å². The van der Waals surface area contributed by atoms with Gasteiger partial charge in [-0.3, -0.25) is 0 Å². The van der Waals surface area contributed by atoms with E-state index >= 15 is 0 Å². The molecule has 0 spiro atoms. The Morgan fingerprint density at radius 1 is 0.351 bits per heavy atom. The number of non-ortho nitro benzene ring substituents is 4. The van der Waals surface area contributed by atoms with Crippen molar-refractivity contribution in [1.82, 2.24) is 0 Å². The van der Waals surface area contributed by atoms with Gasteiger partial charge in [0.05, 0.1) is 0 Å². The molecule has 0 amide bonds. The Labute approximate surface area is 211 Å². The molecule has 4 aromatic rings. The molecule has 0 N–H and O–H groups in total. The van der Waals surface area contributed by atoms with Gasteiger partial charge in [-0.15, -0.1) is 0 Å². The van der Waals surface area contributed by atoms with Gasteiger partial charge in [0.2, 0.25) is 0 Å². The third kappa shape index (κ3) is 4.68. The van der Waals surface area contributed by atoms with Crippen LogP contribution < -0.4 is 16.5 Å². The van der Waals surface area contributed by atoms with E-state index in [0.29, 0.717) is 16.5 Å². The fourth-order valence-electron chi connectivity index (χ4n) is 4.69. The summed E-state index contributed by atoms with van der Waals surface area (Å²) in [6.45, 7) is 0. The van der Waals surface area contributed by atoms with Crippen LogP contribution in [-0.4, -0.2) is 34.7 Å². The molecule has 4 aromatic carbocycles. The summed E-state index contributed by atoms with van der Waals surface area (Å²) in [7, 11) is 0. The van der Waals surface area contributed by atoms with Gasteiger partial charge in [0.15, 0.2) is 0 Å². The Balaban J connectivity index is 2.09. The first-order valence-corrected chi connectivity index (χ1v) is 15.6. The summed E-state index contributed by atoms with van der Waals surface area (Å²) in [6.07, 6.45) is 0. The molecule has 0 radical (unpaired) electrons. The second-order valence-corrected chi connectivity index (χ2v) is 17.5. The van der Waals surface area contributed by atoms with Crippen LogP contribution in [0.5, 0.6) is 0 Å². The first kappa shape index (κ1) is 25.2. The number of nitro benzene ring substituents is 4. The zero-order valence-corrected chi connectivity index (χ0v) is 21.3. The van der Waals surface area contributed by atoms with Crippen LogP contribution in [0.3, 0.4) is 0 Å². The predicted octanol–water partition coefficient (Wildman–Crippen LogP) is 2.70. The van der Waals surface area contributed by atoms with Crippen molar-refractivity contribution in [3.8, 4) is 0 Å². The second-order valence-electron chi connectivity index (χ2n) is 8.26. The molecular formula is C24H16GaN4O8-. The maximum atomic E-state index is 11.3. The molecule has 0 saturated carbocycles. The summed E-state index contributed by atoms with van der Waals surface area (Å²) in [6, 6.07) is 23.6. The minimum absolute atomic E-state index is 0.140. The number of rotatable bonds is 8. The van der Waals surface area contributed by atoms with E-state index in [2.05, 4.69) is 0 Å². The molecule has 12 nitrogen and oxygen atoms in total. The molecule has 0 bridgehead atoms. The molecule has 0 aromatic heterocycles. The van der Waals surface area contributed by atoms with E-state index in [4.69, 9.17) is 0 Å². The molecule has 0 heterocycles. The van der Waals surface area contributed by atoms with E-state index in [9.17, 15) is 40.5 Å². The summed E-state index contributed by atoms with van der Waals surface area (Å²) >= 11 is -4.40. The standard InChI is InChI=1S/4C6H4NO2.Ga/c4*8-7(9)6-4-2-1-3-5-6;/h4*2-5H;/q;;;;-1. The van der Waals surface area contributed by atoms with Crippen molar-refractivity contribution in [2.75, 3.05) is 0 Å². The number of hydrogen-bond acceptors (Lipinski definition) is 8. The summed E-state index contributed by atoms with van der Waals surface area (Å²) in [5.74, 6) is 0. The molecule has 184 valence electrons. The van der Waals surface area contributed by atoms with Crippen LogP contribution in [0.2, 0.25) is 0 Å². The fourth-order valence-corrected chi connectivity index (χ4v) is 16.0. The van der Waals surface area contributed by atoms with Crippen LogP contribution in [0.15, 0.2) is 97.1 Å². The molecule has 0 saturated heterocycles. The first-order chi connectivity index (χ1) is 17.6. The Bertz CT molecular complexity index is 1270. The van der Waals surface area contributed by atoms with E-state index in [1.807, 2.05) is 0 Å².